The van der Waals surface area contributed by atoms with Crippen LogP contribution in [0, 0.1) is 5.92 Å². The Kier molecular flexibility index (Phi) is 4.88. The quantitative estimate of drug-likeness (QED) is 0.773. The van der Waals surface area contributed by atoms with E-state index in [2.05, 4.69) is 24.1 Å². The van der Waals surface area contributed by atoms with E-state index in [9.17, 15) is 4.79 Å². The third kappa shape index (κ3) is 4.08. The lowest BCUT2D eigenvalue weighted by Gasteiger charge is -2.35. The number of carbonyl (C=O) groups is 1. The normalized spacial score (nSPS) is 27.4. The minimum Gasteiger partial charge on any atom is -0.450 e. The van der Waals surface area contributed by atoms with Gasteiger partial charge in [0.2, 0.25) is 0 Å². The largest absolute Gasteiger partial charge is 0.450 e. The highest BCUT2D eigenvalue weighted by Gasteiger charge is 2.24. The SMILES string of the molecule is CCOC(=O)NC1CC(C)CN(CC)C1. The summed E-state index contributed by atoms with van der Waals surface area (Å²) in [5.41, 5.74) is 0. The molecule has 0 aromatic carbocycles. The van der Waals surface area contributed by atoms with Crippen molar-refractivity contribution in [3.63, 3.8) is 0 Å². The van der Waals surface area contributed by atoms with E-state index < -0.39 is 0 Å². The minimum atomic E-state index is -0.285. The first-order valence-corrected chi connectivity index (χ1v) is 5.81. The molecule has 1 amide bonds. The number of piperidine rings is 1. The van der Waals surface area contributed by atoms with Crippen LogP contribution in [0.3, 0.4) is 0 Å². The number of likely N-dealkylation sites (tertiary alicyclic amines) is 1. The third-order valence-corrected chi connectivity index (χ3v) is 2.78. The summed E-state index contributed by atoms with van der Waals surface area (Å²) in [5.74, 6) is 0.644. The molecule has 88 valence electrons. The van der Waals surface area contributed by atoms with Crippen LogP contribution in [0.5, 0.6) is 0 Å². The van der Waals surface area contributed by atoms with E-state index in [0.717, 1.165) is 26.1 Å². The topological polar surface area (TPSA) is 41.6 Å². The molecule has 0 aromatic rings. The van der Waals surface area contributed by atoms with Crippen molar-refractivity contribution < 1.29 is 9.53 Å². The zero-order chi connectivity index (χ0) is 11.3. The van der Waals surface area contributed by atoms with E-state index in [4.69, 9.17) is 4.74 Å². The maximum absolute atomic E-state index is 11.3. The Morgan fingerprint density at radius 2 is 2.20 bits per heavy atom. The van der Waals surface area contributed by atoms with Crippen LogP contribution in [-0.4, -0.2) is 43.3 Å². The van der Waals surface area contributed by atoms with E-state index in [-0.39, 0.29) is 12.1 Å². The second-order valence-electron chi connectivity index (χ2n) is 4.25. The zero-order valence-electron chi connectivity index (χ0n) is 9.95. The molecule has 1 aliphatic rings. The van der Waals surface area contributed by atoms with Crippen molar-refractivity contribution in [3.8, 4) is 0 Å². The summed E-state index contributed by atoms with van der Waals surface area (Å²) in [7, 11) is 0. The van der Waals surface area contributed by atoms with Crippen LogP contribution in [0.1, 0.15) is 27.2 Å². The Bertz CT molecular complexity index is 209. The molecule has 1 N–H and O–H groups in total. The first kappa shape index (κ1) is 12.3. The standard InChI is InChI=1S/C11H22N2O2/c1-4-13-7-9(3)6-10(8-13)12-11(14)15-5-2/h9-10H,4-8H2,1-3H3,(H,12,14). The molecular formula is C11H22N2O2. The average Bonchev–Trinajstić information content (AvgIpc) is 2.17. The number of alkyl carbamates (subject to hydrolysis) is 1. The van der Waals surface area contributed by atoms with Crippen LogP contribution in [0.25, 0.3) is 0 Å². The number of ether oxygens (including phenoxy) is 1. The third-order valence-electron chi connectivity index (χ3n) is 2.78. The molecule has 0 spiro atoms. The van der Waals surface area contributed by atoms with Crippen molar-refractivity contribution >= 4 is 6.09 Å². The number of hydrogen-bond acceptors (Lipinski definition) is 3. The van der Waals surface area contributed by atoms with Gasteiger partial charge in [-0.05, 0) is 25.8 Å². The van der Waals surface area contributed by atoms with Crippen LogP contribution < -0.4 is 5.32 Å². The van der Waals surface area contributed by atoms with Crippen molar-refractivity contribution in [2.45, 2.75) is 33.2 Å². The summed E-state index contributed by atoms with van der Waals surface area (Å²) in [5, 5.41) is 2.91. The summed E-state index contributed by atoms with van der Waals surface area (Å²) in [6, 6.07) is 0.243. The van der Waals surface area contributed by atoms with Crippen LogP contribution in [0.4, 0.5) is 4.79 Å². The monoisotopic (exact) mass is 214 g/mol. The number of rotatable bonds is 3. The smallest absolute Gasteiger partial charge is 0.407 e. The van der Waals surface area contributed by atoms with E-state index in [1.807, 2.05) is 6.92 Å². The lowest BCUT2D eigenvalue weighted by atomic mass is 9.96. The molecule has 4 nitrogen and oxygen atoms in total. The van der Waals surface area contributed by atoms with Crippen LogP contribution >= 0.6 is 0 Å². The highest BCUT2D eigenvalue weighted by Crippen LogP contribution is 2.15. The van der Waals surface area contributed by atoms with Gasteiger partial charge in [-0.3, -0.25) is 0 Å². The summed E-state index contributed by atoms with van der Waals surface area (Å²) < 4.78 is 4.88. The molecule has 4 heteroatoms. The maximum atomic E-state index is 11.3. The molecule has 0 radical (unpaired) electrons. The van der Waals surface area contributed by atoms with Gasteiger partial charge in [-0.25, -0.2) is 4.79 Å². The molecule has 0 saturated carbocycles. The molecule has 0 aromatic heterocycles. The summed E-state index contributed by atoms with van der Waals surface area (Å²) in [6.45, 7) is 9.76. The molecule has 0 aliphatic carbocycles. The van der Waals surface area contributed by atoms with E-state index in [1.165, 1.54) is 0 Å². The van der Waals surface area contributed by atoms with E-state index in [0.29, 0.717) is 12.5 Å². The molecule has 1 aliphatic heterocycles. The Hall–Kier alpha value is -0.770. The Morgan fingerprint density at radius 3 is 2.80 bits per heavy atom. The lowest BCUT2D eigenvalue weighted by molar-refractivity contribution is 0.123. The van der Waals surface area contributed by atoms with Gasteiger partial charge in [-0.15, -0.1) is 0 Å². The van der Waals surface area contributed by atoms with Gasteiger partial charge in [0.1, 0.15) is 0 Å². The van der Waals surface area contributed by atoms with Crippen LogP contribution in [0.2, 0.25) is 0 Å². The highest BCUT2D eigenvalue weighted by atomic mass is 16.5. The second kappa shape index (κ2) is 5.95. The average molecular weight is 214 g/mol. The van der Waals surface area contributed by atoms with E-state index >= 15 is 0 Å². The zero-order valence-corrected chi connectivity index (χ0v) is 9.95. The molecule has 2 atom stereocenters. The van der Waals surface area contributed by atoms with Gasteiger partial charge in [0.25, 0.3) is 0 Å². The van der Waals surface area contributed by atoms with Gasteiger partial charge in [0.15, 0.2) is 0 Å². The van der Waals surface area contributed by atoms with Crippen LogP contribution in [0.15, 0.2) is 0 Å². The van der Waals surface area contributed by atoms with Gasteiger partial charge in [0, 0.05) is 19.1 Å². The number of carbonyl (C=O) groups excluding carboxylic acids is 1. The van der Waals surface area contributed by atoms with Crippen LogP contribution in [-0.2, 0) is 4.74 Å². The first-order valence-electron chi connectivity index (χ1n) is 5.81. The molecule has 1 heterocycles. The van der Waals surface area contributed by atoms with Crippen molar-refractivity contribution in [2.24, 2.45) is 5.92 Å². The predicted octanol–water partition coefficient (Wildman–Crippen LogP) is 1.46. The maximum Gasteiger partial charge on any atom is 0.407 e. The highest BCUT2D eigenvalue weighted by molar-refractivity contribution is 5.67. The van der Waals surface area contributed by atoms with Gasteiger partial charge >= 0.3 is 6.09 Å². The number of hydrogen-bond donors (Lipinski definition) is 1. The molecule has 15 heavy (non-hydrogen) atoms. The number of nitrogens with one attached hydrogen (secondary N) is 1. The molecular weight excluding hydrogens is 192 g/mol. The summed E-state index contributed by atoms with van der Waals surface area (Å²) >= 11 is 0. The van der Waals surface area contributed by atoms with Gasteiger partial charge < -0.3 is 15.0 Å². The molecule has 1 saturated heterocycles. The fourth-order valence-corrected chi connectivity index (χ4v) is 2.16. The Labute approximate surface area is 92.0 Å². The number of likely N-dealkylation sites (N-methyl/N-ethyl adjacent to an activating group) is 1. The predicted molar refractivity (Wildman–Crippen MR) is 59.8 cm³/mol. The van der Waals surface area contributed by atoms with Crippen molar-refractivity contribution in [3.05, 3.63) is 0 Å². The van der Waals surface area contributed by atoms with Gasteiger partial charge in [0.05, 0.1) is 6.61 Å². The van der Waals surface area contributed by atoms with Crippen molar-refractivity contribution in [1.82, 2.24) is 10.2 Å². The molecule has 1 fully saturated rings. The Morgan fingerprint density at radius 1 is 1.47 bits per heavy atom. The summed E-state index contributed by atoms with van der Waals surface area (Å²) in [4.78, 5) is 13.6. The second-order valence-corrected chi connectivity index (χ2v) is 4.25. The van der Waals surface area contributed by atoms with Crippen molar-refractivity contribution in [2.75, 3.05) is 26.2 Å². The fourth-order valence-electron chi connectivity index (χ4n) is 2.16. The van der Waals surface area contributed by atoms with E-state index in [1.54, 1.807) is 0 Å². The number of amides is 1. The lowest BCUT2D eigenvalue weighted by Crippen LogP contribution is -2.50. The van der Waals surface area contributed by atoms with Crippen molar-refractivity contribution in [1.29, 1.82) is 0 Å². The minimum absolute atomic E-state index is 0.243. The molecule has 1 rings (SSSR count). The fraction of sp³-hybridized carbons (Fsp3) is 0.909. The molecule has 2 unspecified atom stereocenters. The van der Waals surface area contributed by atoms with Gasteiger partial charge in [-0.2, -0.15) is 0 Å². The summed E-state index contributed by atoms with van der Waals surface area (Å²) in [6.07, 6.45) is 0.766. The Balaban J connectivity index is 2.37. The molecule has 0 bridgehead atoms. The first-order chi connectivity index (χ1) is 7.15. The number of nitrogens with zero attached hydrogens (tertiary/aromatic N) is 1. The van der Waals surface area contributed by atoms with Gasteiger partial charge in [-0.1, -0.05) is 13.8 Å².